The molecule has 4 rings (SSSR count). The van der Waals surface area contributed by atoms with E-state index < -0.39 is 0 Å². The highest BCUT2D eigenvalue weighted by Crippen LogP contribution is 2.29. The molecule has 2 N–H and O–H groups in total. The molecule has 1 saturated heterocycles. The number of nitrogens with zero attached hydrogens (tertiary/aromatic N) is 4. The Balaban J connectivity index is 1.49. The number of nitrogens with one attached hydrogen (secondary N) is 2. The molecular weight excluding hydrogens is 440 g/mol. The fourth-order valence-corrected chi connectivity index (χ4v) is 4.99. The first-order valence-electron chi connectivity index (χ1n) is 11.3. The van der Waals surface area contributed by atoms with Gasteiger partial charge in [0.25, 0.3) is 5.56 Å². The number of anilines is 2. The zero-order chi connectivity index (χ0) is 23.4. The van der Waals surface area contributed by atoms with E-state index in [1.54, 1.807) is 0 Å². The third kappa shape index (κ3) is 5.22. The Bertz CT molecular complexity index is 1220. The Labute approximate surface area is 195 Å². The molecule has 33 heavy (non-hydrogen) atoms. The topological polar surface area (TPSA) is 109 Å². The summed E-state index contributed by atoms with van der Waals surface area (Å²) in [5, 5.41) is 6.41. The molecule has 174 valence electrons. The van der Waals surface area contributed by atoms with Crippen LogP contribution in [0.1, 0.15) is 32.3 Å². The van der Waals surface area contributed by atoms with Gasteiger partial charge in [-0.3, -0.25) is 19.0 Å². The fraction of sp³-hybridized carbons (Fsp3) is 0.435. The Morgan fingerprint density at radius 3 is 2.91 bits per heavy atom. The summed E-state index contributed by atoms with van der Waals surface area (Å²) in [5.74, 6) is -0.332. The van der Waals surface area contributed by atoms with Crippen molar-refractivity contribution in [1.82, 2.24) is 19.9 Å². The molecule has 3 aromatic rings. The van der Waals surface area contributed by atoms with E-state index in [0.717, 1.165) is 31.4 Å². The molecular formula is C23H28N6O3S. The number of carbonyl (C=O) groups excluding carboxylic acids is 2. The van der Waals surface area contributed by atoms with Gasteiger partial charge in [0.15, 0.2) is 10.8 Å². The van der Waals surface area contributed by atoms with Crippen molar-refractivity contribution in [1.29, 1.82) is 0 Å². The number of carbonyl (C=O) groups is 2. The Kier molecular flexibility index (Phi) is 7.02. The summed E-state index contributed by atoms with van der Waals surface area (Å²) < 4.78 is 1.71. The molecule has 1 fully saturated rings. The first-order valence-corrected chi connectivity index (χ1v) is 12.1. The van der Waals surface area contributed by atoms with Gasteiger partial charge in [0.2, 0.25) is 11.8 Å². The lowest BCUT2D eigenvalue weighted by Crippen LogP contribution is -2.43. The Morgan fingerprint density at radius 2 is 2.12 bits per heavy atom. The van der Waals surface area contributed by atoms with Crippen LogP contribution in [-0.2, 0) is 22.6 Å². The molecule has 0 unspecified atom stereocenters. The molecule has 3 heterocycles. The van der Waals surface area contributed by atoms with Crippen molar-refractivity contribution in [3.63, 3.8) is 0 Å². The predicted molar refractivity (Wildman–Crippen MR) is 130 cm³/mol. The monoisotopic (exact) mass is 468 g/mol. The van der Waals surface area contributed by atoms with Crippen LogP contribution in [0.3, 0.4) is 0 Å². The molecule has 10 heteroatoms. The molecule has 0 saturated carbocycles. The molecule has 1 aliphatic heterocycles. The number of piperidine rings is 1. The maximum atomic E-state index is 13.0. The summed E-state index contributed by atoms with van der Waals surface area (Å²) in [7, 11) is 0. The second-order valence-corrected chi connectivity index (χ2v) is 9.09. The van der Waals surface area contributed by atoms with Crippen LogP contribution in [0.25, 0.3) is 10.3 Å². The lowest BCUT2D eigenvalue weighted by Gasteiger charge is -2.31. The highest BCUT2D eigenvalue weighted by molar-refractivity contribution is 7.22. The minimum atomic E-state index is -0.294. The summed E-state index contributed by atoms with van der Waals surface area (Å²) in [6, 6.07) is 7.64. The molecule has 2 aromatic heterocycles. The van der Waals surface area contributed by atoms with Gasteiger partial charge in [0.05, 0.1) is 5.92 Å². The van der Waals surface area contributed by atoms with E-state index in [2.05, 4.69) is 27.5 Å². The average molecular weight is 469 g/mol. The molecule has 1 aliphatic rings. The van der Waals surface area contributed by atoms with Crippen LogP contribution in [0.2, 0.25) is 0 Å². The maximum Gasteiger partial charge on any atom is 0.273 e. The number of benzene rings is 1. The van der Waals surface area contributed by atoms with Crippen LogP contribution in [0, 0.1) is 5.92 Å². The van der Waals surface area contributed by atoms with E-state index >= 15 is 0 Å². The van der Waals surface area contributed by atoms with Crippen LogP contribution < -0.4 is 21.1 Å². The summed E-state index contributed by atoms with van der Waals surface area (Å²) >= 11 is 1.26. The number of amides is 2. The summed E-state index contributed by atoms with van der Waals surface area (Å²) in [4.78, 5) is 48.7. The van der Waals surface area contributed by atoms with E-state index in [9.17, 15) is 14.4 Å². The van der Waals surface area contributed by atoms with Crippen LogP contribution in [0.5, 0.6) is 0 Å². The average Bonchev–Trinajstić information content (AvgIpc) is 3.26. The first kappa shape index (κ1) is 22.9. The molecule has 0 bridgehead atoms. The van der Waals surface area contributed by atoms with E-state index in [4.69, 9.17) is 0 Å². The van der Waals surface area contributed by atoms with Gasteiger partial charge in [-0.1, -0.05) is 30.4 Å². The highest BCUT2D eigenvalue weighted by atomic mass is 32.1. The minimum absolute atomic E-state index is 0.0549. The third-order valence-corrected chi connectivity index (χ3v) is 6.81. The summed E-state index contributed by atoms with van der Waals surface area (Å²) in [6.07, 6.45) is 3.96. The lowest BCUT2D eigenvalue weighted by molar-refractivity contribution is -0.125. The van der Waals surface area contributed by atoms with Gasteiger partial charge >= 0.3 is 0 Å². The number of rotatable bonds is 7. The summed E-state index contributed by atoms with van der Waals surface area (Å²) in [6.45, 7) is 5.79. The van der Waals surface area contributed by atoms with Gasteiger partial charge < -0.3 is 15.5 Å². The largest absolute Gasteiger partial charge is 0.356 e. The van der Waals surface area contributed by atoms with E-state index in [-0.39, 0.29) is 29.8 Å². The van der Waals surface area contributed by atoms with Crippen LogP contribution in [0.4, 0.5) is 10.8 Å². The molecule has 1 aromatic carbocycles. The maximum absolute atomic E-state index is 13.0. The van der Waals surface area contributed by atoms with Gasteiger partial charge in [0, 0.05) is 25.3 Å². The quantitative estimate of drug-likeness (QED) is 0.551. The number of thiazole rings is 1. The Hall–Kier alpha value is -3.27. The zero-order valence-corrected chi connectivity index (χ0v) is 19.7. The van der Waals surface area contributed by atoms with Crippen molar-refractivity contribution in [2.24, 2.45) is 5.92 Å². The highest BCUT2D eigenvalue weighted by Gasteiger charge is 2.27. The standard InChI is InChI=1S/C23H28N6O3S/c1-3-15-7-5-9-17(11-15)26-18(30)13-29-14-25-20-19(22(29)32)33-23(27-20)28-10-6-8-16(12-28)21(31)24-4-2/h5,7,9,11,14,16H,3-4,6,8,10,12-13H2,1-2H3,(H,24,31)(H,26,30)/t16-/m1/s1. The smallest absolute Gasteiger partial charge is 0.273 e. The van der Waals surface area contributed by atoms with Crippen molar-refractivity contribution in [3.8, 4) is 0 Å². The normalized spacial score (nSPS) is 16.1. The molecule has 0 spiro atoms. The van der Waals surface area contributed by atoms with Crippen LogP contribution in [0.15, 0.2) is 35.4 Å². The fourth-order valence-electron chi connectivity index (χ4n) is 3.99. The van der Waals surface area contributed by atoms with Crippen molar-refractivity contribution < 1.29 is 9.59 Å². The number of hydrogen-bond donors (Lipinski definition) is 2. The van der Waals surface area contributed by atoms with Crippen molar-refractivity contribution in [3.05, 3.63) is 46.5 Å². The van der Waals surface area contributed by atoms with Crippen LogP contribution in [-0.4, -0.2) is 46.0 Å². The second-order valence-electron chi connectivity index (χ2n) is 8.11. The van der Waals surface area contributed by atoms with Crippen molar-refractivity contribution in [2.45, 2.75) is 39.7 Å². The SMILES string of the molecule is CCNC(=O)[C@@H]1CCCN(c2nc3ncn(CC(=O)Nc4cccc(CC)c4)c(=O)c3s2)C1. The molecule has 0 aliphatic carbocycles. The first-order chi connectivity index (χ1) is 16.0. The van der Waals surface area contributed by atoms with Gasteiger partial charge in [0.1, 0.15) is 17.6 Å². The predicted octanol–water partition coefficient (Wildman–Crippen LogP) is 2.41. The van der Waals surface area contributed by atoms with E-state index in [1.165, 1.54) is 22.2 Å². The molecule has 2 amide bonds. The molecule has 9 nitrogen and oxygen atoms in total. The van der Waals surface area contributed by atoms with Crippen molar-refractivity contribution in [2.75, 3.05) is 29.9 Å². The summed E-state index contributed by atoms with van der Waals surface area (Å²) in [5.41, 5.74) is 1.90. The third-order valence-electron chi connectivity index (χ3n) is 5.72. The van der Waals surface area contributed by atoms with E-state index in [1.807, 2.05) is 36.1 Å². The minimum Gasteiger partial charge on any atom is -0.356 e. The van der Waals surface area contributed by atoms with Gasteiger partial charge in [-0.2, -0.15) is 4.98 Å². The number of fused-ring (bicyclic) bond motifs is 1. The number of hydrogen-bond acceptors (Lipinski definition) is 7. The number of aryl methyl sites for hydroxylation is 1. The van der Waals surface area contributed by atoms with Gasteiger partial charge in [-0.05, 0) is 43.9 Å². The molecule has 1 atom stereocenters. The van der Waals surface area contributed by atoms with Crippen molar-refractivity contribution >= 4 is 44.3 Å². The van der Waals surface area contributed by atoms with Gasteiger partial charge in [-0.25, -0.2) is 4.98 Å². The Morgan fingerprint density at radius 1 is 1.27 bits per heavy atom. The van der Waals surface area contributed by atoms with Gasteiger partial charge in [-0.15, -0.1) is 0 Å². The number of aromatic nitrogens is 3. The zero-order valence-electron chi connectivity index (χ0n) is 18.8. The lowest BCUT2D eigenvalue weighted by atomic mass is 9.97. The molecule has 0 radical (unpaired) electrons. The van der Waals surface area contributed by atoms with E-state index in [0.29, 0.717) is 34.3 Å². The second kappa shape index (κ2) is 10.1. The van der Waals surface area contributed by atoms with Crippen LogP contribution >= 0.6 is 11.3 Å².